The van der Waals surface area contributed by atoms with Crippen LogP contribution in [0.2, 0.25) is 5.02 Å². The number of hydrogen-bond donors (Lipinski definition) is 0. The Morgan fingerprint density at radius 2 is 2.10 bits per heavy atom. The molecule has 0 aliphatic carbocycles. The van der Waals surface area contributed by atoms with E-state index >= 15 is 0 Å². The van der Waals surface area contributed by atoms with Gasteiger partial charge in [0.05, 0.1) is 0 Å². The zero-order valence-electron chi connectivity index (χ0n) is 5.70. The molecule has 0 unspecified atom stereocenters. The van der Waals surface area contributed by atoms with E-state index in [1.54, 1.807) is 6.07 Å². The third-order valence-corrected chi connectivity index (χ3v) is 1.42. The SMILES string of the molecule is Cc1cc[c-]cc1Cl.[I-].[Zn+2]. The molecule has 0 radical (unpaired) electrons. The molecule has 0 atom stereocenters. The summed E-state index contributed by atoms with van der Waals surface area (Å²) in [5.41, 5.74) is 1.10. The Balaban J connectivity index is 0. The summed E-state index contributed by atoms with van der Waals surface area (Å²) in [6.07, 6.45) is 0. The predicted molar refractivity (Wildman–Crippen MR) is 35.0 cm³/mol. The summed E-state index contributed by atoms with van der Waals surface area (Å²) in [5, 5.41) is 0.785. The Bertz CT molecular complexity index is 170. The van der Waals surface area contributed by atoms with Crippen molar-refractivity contribution in [3.63, 3.8) is 0 Å². The molecular formula is C7H6ClIZn. The number of benzene rings is 1. The van der Waals surface area contributed by atoms with Gasteiger partial charge in [0, 0.05) is 0 Å². The maximum atomic E-state index is 5.68. The van der Waals surface area contributed by atoms with E-state index in [9.17, 15) is 0 Å². The number of rotatable bonds is 0. The summed E-state index contributed by atoms with van der Waals surface area (Å²) in [6.45, 7) is 1.97. The minimum Gasteiger partial charge on any atom is -1.00 e. The molecule has 3 heteroatoms. The van der Waals surface area contributed by atoms with E-state index in [1.165, 1.54) is 0 Å². The van der Waals surface area contributed by atoms with Crippen molar-refractivity contribution in [1.29, 1.82) is 0 Å². The third kappa shape index (κ3) is 3.89. The minimum atomic E-state index is 0. The van der Waals surface area contributed by atoms with Crippen LogP contribution in [0, 0.1) is 13.0 Å². The Kier molecular flexibility index (Phi) is 8.83. The van der Waals surface area contributed by atoms with E-state index in [0.717, 1.165) is 10.6 Å². The monoisotopic (exact) mass is 316 g/mol. The molecule has 10 heavy (non-hydrogen) atoms. The second kappa shape index (κ2) is 6.57. The molecule has 50 valence electrons. The molecule has 0 saturated heterocycles. The Hall–Kier alpha value is 0.863. The molecule has 0 N–H and O–H groups in total. The van der Waals surface area contributed by atoms with Crippen molar-refractivity contribution in [3.05, 3.63) is 34.9 Å². The van der Waals surface area contributed by atoms with Crippen LogP contribution in [-0.4, -0.2) is 0 Å². The van der Waals surface area contributed by atoms with Crippen molar-refractivity contribution in [2.75, 3.05) is 0 Å². The zero-order valence-corrected chi connectivity index (χ0v) is 11.6. The first-order valence-electron chi connectivity index (χ1n) is 2.43. The molecule has 0 aliphatic heterocycles. The summed E-state index contributed by atoms with van der Waals surface area (Å²) in [4.78, 5) is 0. The Labute approximate surface area is 96.1 Å². The van der Waals surface area contributed by atoms with Gasteiger partial charge in [-0.15, -0.1) is 5.56 Å². The van der Waals surface area contributed by atoms with Crippen molar-refractivity contribution in [2.24, 2.45) is 0 Å². The average Bonchev–Trinajstić information content (AvgIpc) is 1.77. The van der Waals surface area contributed by atoms with Crippen molar-refractivity contribution in [2.45, 2.75) is 6.92 Å². The Morgan fingerprint density at radius 1 is 1.50 bits per heavy atom. The van der Waals surface area contributed by atoms with Crippen LogP contribution < -0.4 is 24.0 Å². The van der Waals surface area contributed by atoms with Crippen LogP contribution in [0.1, 0.15) is 5.56 Å². The first-order valence-corrected chi connectivity index (χ1v) is 2.80. The molecule has 0 aliphatic rings. The smallest absolute Gasteiger partial charge is 1.00 e. The molecule has 0 fully saturated rings. The topological polar surface area (TPSA) is 0 Å². The standard InChI is InChI=1S/C7H6Cl.HI.Zn/c1-6-4-2-3-5-7(6)8;;/h2,4-5H,1H3;1H;/q-1;;+2/p-1. The van der Waals surface area contributed by atoms with Gasteiger partial charge in [0.15, 0.2) is 0 Å². The van der Waals surface area contributed by atoms with Crippen LogP contribution >= 0.6 is 11.6 Å². The van der Waals surface area contributed by atoms with Gasteiger partial charge in [0.25, 0.3) is 0 Å². The largest absolute Gasteiger partial charge is 2.00 e. The maximum absolute atomic E-state index is 5.68. The van der Waals surface area contributed by atoms with E-state index in [-0.39, 0.29) is 43.5 Å². The van der Waals surface area contributed by atoms with E-state index < -0.39 is 0 Å². The zero-order chi connectivity index (χ0) is 5.98. The second-order valence-corrected chi connectivity index (χ2v) is 2.08. The molecule has 0 nitrogen and oxygen atoms in total. The van der Waals surface area contributed by atoms with Crippen LogP contribution in [0.4, 0.5) is 0 Å². The number of hydrogen-bond acceptors (Lipinski definition) is 0. The quantitative estimate of drug-likeness (QED) is 0.342. The minimum absolute atomic E-state index is 0. The first kappa shape index (κ1) is 13.5. The fourth-order valence-corrected chi connectivity index (χ4v) is 0.614. The third-order valence-electron chi connectivity index (χ3n) is 1.02. The molecule has 1 aromatic carbocycles. The summed E-state index contributed by atoms with van der Waals surface area (Å²) in [7, 11) is 0. The van der Waals surface area contributed by atoms with Crippen LogP contribution in [0.15, 0.2) is 18.2 Å². The number of halogens is 2. The van der Waals surface area contributed by atoms with Gasteiger partial charge in [-0.1, -0.05) is 11.9 Å². The fourth-order valence-electron chi connectivity index (χ4n) is 0.488. The summed E-state index contributed by atoms with van der Waals surface area (Å²) in [5.74, 6) is 0. The molecule has 0 aromatic heterocycles. The van der Waals surface area contributed by atoms with Crippen molar-refractivity contribution < 1.29 is 43.5 Å². The van der Waals surface area contributed by atoms with Crippen molar-refractivity contribution >= 4 is 11.6 Å². The predicted octanol–water partition coefficient (Wildman–Crippen LogP) is -0.550. The van der Waals surface area contributed by atoms with Gasteiger partial charge in [-0.05, 0) is 0 Å². The maximum Gasteiger partial charge on any atom is 2.00 e. The van der Waals surface area contributed by atoms with Crippen LogP contribution in [0.25, 0.3) is 0 Å². The van der Waals surface area contributed by atoms with E-state index in [2.05, 4.69) is 6.07 Å². The van der Waals surface area contributed by atoms with Gasteiger partial charge >= 0.3 is 19.5 Å². The number of aryl methyl sites for hydroxylation is 1. The molecule has 0 bridgehead atoms. The Morgan fingerprint density at radius 3 is 2.40 bits per heavy atom. The van der Waals surface area contributed by atoms with Gasteiger partial charge < -0.3 is 24.0 Å². The van der Waals surface area contributed by atoms with E-state index in [0.29, 0.717) is 0 Å². The van der Waals surface area contributed by atoms with E-state index in [1.807, 2.05) is 19.1 Å². The molecule has 0 spiro atoms. The molecule has 1 rings (SSSR count). The molecule has 0 heterocycles. The molecule has 0 amide bonds. The van der Waals surface area contributed by atoms with E-state index in [4.69, 9.17) is 11.6 Å². The van der Waals surface area contributed by atoms with Gasteiger partial charge in [0.2, 0.25) is 0 Å². The van der Waals surface area contributed by atoms with Crippen molar-refractivity contribution in [3.8, 4) is 0 Å². The first-order chi connectivity index (χ1) is 3.80. The van der Waals surface area contributed by atoms with Gasteiger partial charge in [-0.2, -0.15) is 35.9 Å². The summed E-state index contributed by atoms with van der Waals surface area (Å²) in [6, 6.07) is 8.41. The summed E-state index contributed by atoms with van der Waals surface area (Å²) < 4.78 is 0. The van der Waals surface area contributed by atoms with Crippen molar-refractivity contribution in [1.82, 2.24) is 0 Å². The average molecular weight is 318 g/mol. The summed E-state index contributed by atoms with van der Waals surface area (Å²) >= 11 is 5.68. The second-order valence-electron chi connectivity index (χ2n) is 1.68. The van der Waals surface area contributed by atoms with Crippen LogP contribution in [0.5, 0.6) is 0 Å². The normalized spacial score (nSPS) is 7.40. The molecular weight excluding hydrogens is 312 g/mol. The van der Waals surface area contributed by atoms with Gasteiger partial charge in [-0.3, -0.25) is 0 Å². The molecule has 0 saturated carbocycles. The van der Waals surface area contributed by atoms with Gasteiger partial charge in [-0.25, -0.2) is 0 Å². The van der Waals surface area contributed by atoms with Crippen LogP contribution in [0.3, 0.4) is 0 Å². The molecule has 1 aromatic rings. The van der Waals surface area contributed by atoms with Gasteiger partial charge in [0.1, 0.15) is 0 Å². The fraction of sp³-hybridized carbons (Fsp3) is 0.143. The van der Waals surface area contributed by atoms with Crippen LogP contribution in [-0.2, 0) is 19.5 Å².